The van der Waals surface area contributed by atoms with Crippen molar-refractivity contribution < 1.29 is 9.90 Å². The summed E-state index contributed by atoms with van der Waals surface area (Å²) < 4.78 is 0. The van der Waals surface area contributed by atoms with E-state index in [2.05, 4.69) is 34.2 Å². The van der Waals surface area contributed by atoms with Crippen LogP contribution in [0.5, 0.6) is 0 Å². The molecule has 0 radical (unpaired) electrons. The Hall–Kier alpha value is -2.99. The highest BCUT2D eigenvalue weighted by Crippen LogP contribution is 2.29. The number of likely N-dealkylation sites (tertiary alicyclic amines) is 1. The molecule has 6 nitrogen and oxygen atoms in total. The number of rotatable bonds is 3. The van der Waals surface area contributed by atoms with Gasteiger partial charge in [-0.3, -0.25) is 14.8 Å². The van der Waals surface area contributed by atoms with E-state index in [4.69, 9.17) is 0 Å². The van der Waals surface area contributed by atoms with Crippen LogP contribution >= 0.6 is 0 Å². The third-order valence-corrected chi connectivity index (χ3v) is 5.00. The summed E-state index contributed by atoms with van der Waals surface area (Å²) in [5.41, 5.74) is 4.38. The minimum absolute atomic E-state index is 0.0910. The number of hydrogen-bond donors (Lipinski definition) is 1. The monoisotopic (exact) mass is 362 g/mol. The third kappa shape index (κ3) is 3.36. The summed E-state index contributed by atoms with van der Waals surface area (Å²) in [6.07, 6.45) is 5.30. The highest BCUT2D eigenvalue weighted by Gasteiger charge is 2.25. The van der Waals surface area contributed by atoms with Gasteiger partial charge >= 0.3 is 0 Å². The molecule has 1 N–H and O–H groups in total. The smallest absolute Gasteiger partial charge is 0.255 e. The minimum atomic E-state index is -0.433. The fourth-order valence-electron chi connectivity index (χ4n) is 3.44. The number of anilines is 1. The van der Waals surface area contributed by atoms with E-state index in [0.29, 0.717) is 25.1 Å². The molecule has 1 saturated heterocycles. The largest absolute Gasteiger partial charge is 0.391 e. The summed E-state index contributed by atoms with van der Waals surface area (Å²) in [5.74, 6) is -0.0910. The lowest BCUT2D eigenvalue weighted by Crippen LogP contribution is -2.29. The fourth-order valence-corrected chi connectivity index (χ4v) is 3.44. The molecule has 4 rings (SSSR count). The van der Waals surface area contributed by atoms with Crippen LogP contribution < -0.4 is 4.90 Å². The highest BCUT2D eigenvalue weighted by molar-refractivity contribution is 6.01. The van der Waals surface area contributed by atoms with Crippen molar-refractivity contribution in [2.45, 2.75) is 12.5 Å². The van der Waals surface area contributed by atoms with Gasteiger partial charge < -0.3 is 14.9 Å². The van der Waals surface area contributed by atoms with Crippen molar-refractivity contribution >= 4 is 22.5 Å². The summed E-state index contributed by atoms with van der Waals surface area (Å²) in [6.45, 7) is 0.958. The molecule has 1 atom stereocenters. The molecule has 1 aliphatic heterocycles. The zero-order valence-electron chi connectivity index (χ0n) is 15.5. The molecule has 1 aliphatic rings. The van der Waals surface area contributed by atoms with Gasteiger partial charge in [-0.05, 0) is 30.2 Å². The first-order valence-electron chi connectivity index (χ1n) is 9.02. The quantitative estimate of drug-likeness (QED) is 0.775. The molecular formula is C21H22N4O2. The summed E-state index contributed by atoms with van der Waals surface area (Å²) in [4.78, 5) is 25.2. The second kappa shape index (κ2) is 6.96. The average molecular weight is 362 g/mol. The zero-order valence-corrected chi connectivity index (χ0v) is 15.5. The standard InChI is InChI=1S/C21H22N4O2/c1-24(2)16-5-3-14(4-6-16)19-11-22-12-20-18(19)9-15(10-23-20)21(27)25-8-7-17(26)13-25/h3-6,9-12,17,26H,7-8,13H2,1-2H3/t17-/m1/s1. The number of carbonyl (C=O) groups is 1. The number of benzene rings is 1. The number of nitrogens with zero attached hydrogens (tertiary/aromatic N) is 4. The van der Waals surface area contributed by atoms with Crippen molar-refractivity contribution in [2.24, 2.45) is 0 Å². The van der Waals surface area contributed by atoms with Crippen molar-refractivity contribution in [2.75, 3.05) is 32.1 Å². The van der Waals surface area contributed by atoms with Crippen LogP contribution in [0.4, 0.5) is 5.69 Å². The molecule has 3 heterocycles. The normalized spacial score (nSPS) is 16.7. The van der Waals surface area contributed by atoms with E-state index in [1.54, 1.807) is 17.3 Å². The van der Waals surface area contributed by atoms with E-state index in [9.17, 15) is 9.90 Å². The van der Waals surface area contributed by atoms with Crippen molar-refractivity contribution in [3.8, 4) is 11.1 Å². The second-order valence-corrected chi connectivity index (χ2v) is 7.11. The van der Waals surface area contributed by atoms with Crippen molar-refractivity contribution in [1.29, 1.82) is 0 Å². The Morgan fingerprint density at radius 1 is 1.19 bits per heavy atom. The lowest BCUT2D eigenvalue weighted by atomic mass is 10.0. The molecule has 0 aliphatic carbocycles. The number of aromatic nitrogens is 2. The van der Waals surface area contributed by atoms with Gasteiger partial charge in [-0.2, -0.15) is 0 Å². The fraction of sp³-hybridized carbons (Fsp3) is 0.286. The SMILES string of the molecule is CN(C)c1ccc(-c2cncc3ncc(C(=O)N4CC[C@@H](O)C4)cc23)cc1. The van der Waals surface area contributed by atoms with Gasteiger partial charge in [-0.15, -0.1) is 0 Å². The molecule has 138 valence electrons. The summed E-state index contributed by atoms with van der Waals surface area (Å²) >= 11 is 0. The van der Waals surface area contributed by atoms with Gasteiger partial charge in [0.05, 0.1) is 23.4 Å². The minimum Gasteiger partial charge on any atom is -0.391 e. The number of fused-ring (bicyclic) bond motifs is 1. The number of amides is 1. The number of aliphatic hydroxyl groups excluding tert-OH is 1. The van der Waals surface area contributed by atoms with Gasteiger partial charge in [0, 0.05) is 56.2 Å². The maximum Gasteiger partial charge on any atom is 0.255 e. The van der Waals surface area contributed by atoms with Crippen molar-refractivity contribution in [3.63, 3.8) is 0 Å². The van der Waals surface area contributed by atoms with E-state index in [0.717, 1.165) is 27.7 Å². The zero-order chi connectivity index (χ0) is 19.0. The van der Waals surface area contributed by atoms with Crippen LogP contribution in [-0.4, -0.2) is 59.2 Å². The predicted molar refractivity (Wildman–Crippen MR) is 106 cm³/mol. The Bertz CT molecular complexity index is 985. The first-order chi connectivity index (χ1) is 13.0. The second-order valence-electron chi connectivity index (χ2n) is 7.11. The van der Waals surface area contributed by atoms with Crippen LogP contribution in [0, 0.1) is 0 Å². The molecule has 1 aromatic carbocycles. The number of aliphatic hydroxyl groups is 1. The number of hydrogen-bond acceptors (Lipinski definition) is 5. The average Bonchev–Trinajstić information content (AvgIpc) is 3.13. The van der Waals surface area contributed by atoms with E-state index in [1.165, 1.54) is 0 Å². The van der Waals surface area contributed by atoms with Crippen LogP contribution in [0.2, 0.25) is 0 Å². The van der Waals surface area contributed by atoms with E-state index in [1.807, 2.05) is 31.3 Å². The van der Waals surface area contributed by atoms with Crippen LogP contribution in [0.25, 0.3) is 22.0 Å². The molecule has 0 spiro atoms. The Morgan fingerprint density at radius 3 is 2.63 bits per heavy atom. The Kier molecular flexibility index (Phi) is 4.49. The Labute approximate surface area is 158 Å². The van der Waals surface area contributed by atoms with Crippen LogP contribution in [0.15, 0.2) is 48.9 Å². The Morgan fingerprint density at radius 2 is 1.96 bits per heavy atom. The van der Waals surface area contributed by atoms with Gasteiger partial charge in [0.2, 0.25) is 0 Å². The highest BCUT2D eigenvalue weighted by atomic mass is 16.3. The van der Waals surface area contributed by atoms with Gasteiger partial charge in [0.15, 0.2) is 0 Å². The molecule has 1 fully saturated rings. The molecule has 6 heteroatoms. The molecule has 0 bridgehead atoms. The summed E-state index contributed by atoms with van der Waals surface area (Å²) in [5, 5.41) is 10.6. The molecule has 2 aromatic heterocycles. The predicted octanol–water partition coefficient (Wildman–Crippen LogP) is 2.57. The van der Waals surface area contributed by atoms with Crippen molar-refractivity contribution in [3.05, 3.63) is 54.5 Å². The van der Waals surface area contributed by atoms with E-state index in [-0.39, 0.29) is 5.91 Å². The topological polar surface area (TPSA) is 69.6 Å². The maximum absolute atomic E-state index is 12.8. The van der Waals surface area contributed by atoms with Gasteiger partial charge in [-0.1, -0.05) is 12.1 Å². The molecular weight excluding hydrogens is 340 g/mol. The van der Waals surface area contributed by atoms with E-state index < -0.39 is 6.10 Å². The molecule has 0 saturated carbocycles. The van der Waals surface area contributed by atoms with Crippen molar-refractivity contribution in [1.82, 2.24) is 14.9 Å². The number of pyridine rings is 2. The van der Waals surface area contributed by atoms with Crippen LogP contribution in [0.1, 0.15) is 16.8 Å². The Balaban J connectivity index is 1.74. The van der Waals surface area contributed by atoms with Crippen LogP contribution in [-0.2, 0) is 0 Å². The maximum atomic E-state index is 12.8. The van der Waals surface area contributed by atoms with Crippen LogP contribution in [0.3, 0.4) is 0 Å². The van der Waals surface area contributed by atoms with Gasteiger partial charge in [-0.25, -0.2) is 0 Å². The van der Waals surface area contributed by atoms with Gasteiger partial charge in [0.25, 0.3) is 5.91 Å². The lowest BCUT2D eigenvalue weighted by Gasteiger charge is -2.16. The molecule has 1 amide bonds. The molecule has 3 aromatic rings. The number of carbonyl (C=O) groups excluding carboxylic acids is 1. The summed E-state index contributed by atoms with van der Waals surface area (Å²) in [7, 11) is 4.01. The van der Waals surface area contributed by atoms with E-state index >= 15 is 0 Å². The third-order valence-electron chi connectivity index (χ3n) is 5.00. The first-order valence-corrected chi connectivity index (χ1v) is 9.02. The number of β-amino-alcohol motifs (C(OH)–C–C–N with tert-alkyl or cyclic N) is 1. The molecule has 27 heavy (non-hydrogen) atoms. The first kappa shape index (κ1) is 17.4. The molecule has 0 unspecified atom stereocenters. The lowest BCUT2D eigenvalue weighted by molar-refractivity contribution is 0.0765. The summed E-state index contributed by atoms with van der Waals surface area (Å²) in [6, 6.07) is 10.1. The van der Waals surface area contributed by atoms with Gasteiger partial charge in [0.1, 0.15) is 0 Å².